The van der Waals surface area contributed by atoms with Crippen LogP contribution >= 0.6 is 0 Å². The van der Waals surface area contributed by atoms with E-state index >= 15 is 0 Å². The number of rotatable bonds is 8. The molecule has 0 spiro atoms. The zero-order chi connectivity index (χ0) is 20.8. The number of nitrogens with one attached hydrogen (secondary N) is 2. The van der Waals surface area contributed by atoms with E-state index < -0.39 is 0 Å². The molecule has 1 aliphatic heterocycles. The van der Waals surface area contributed by atoms with Crippen LogP contribution in [0.25, 0.3) is 10.9 Å². The number of benzene rings is 2. The van der Waals surface area contributed by atoms with Gasteiger partial charge in [-0.25, -0.2) is 0 Å². The zero-order valence-electron chi connectivity index (χ0n) is 17.3. The van der Waals surface area contributed by atoms with Gasteiger partial charge in [0.25, 0.3) is 5.91 Å². The molecule has 1 saturated heterocycles. The molecule has 7 nitrogen and oxygen atoms in total. The van der Waals surface area contributed by atoms with Crippen molar-refractivity contribution in [3.63, 3.8) is 0 Å². The average molecular weight is 409 g/mol. The third-order valence-corrected chi connectivity index (χ3v) is 5.60. The maximum Gasteiger partial charge on any atom is 0.253 e. The number of carbonyl (C=O) groups is 1. The van der Waals surface area contributed by atoms with E-state index in [1.165, 1.54) is 0 Å². The van der Waals surface area contributed by atoms with Crippen LogP contribution in [0, 0.1) is 0 Å². The SMILES string of the molecule is CN(CCOc1cccc(CNC(=O)c2cccc3cn[nH]c23)c1)C1CCOCC1. The Hall–Kier alpha value is -2.90. The monoisotopic (exact) mass is 408 g/mol. The molecule has 7 heteroatoms. The summed E-state index contributed by atoms with van der Waals surface area (Å²) in [7, 11) is 2.14. The highest BCUT2D eigenvalue weighted by molar-refractivity contribution is 6.05. The third-order valence-electron chi connectivity index (χ3n) is 5.60. The Bertz CT molecular complexity index is 981. The second-order valence-electron chi connectivity index (χ2n) is 7.64. The molecule has 3 aromatic rings. The van der Waals surface area contributed by atoms with Gasteiger partial charge in [-0.1, -0.05) is 24.3 Å². The summed E-state index contributed by atoms with van der Waals surface area (Å²) in [6, 6.07) is 14.0. The number of ether oxygens (including phenoxy) is 2. The second kappa shape index (κ2) is 9.73. The Morgan fingerprint density at radius 1 is 1.27 bits per heavy atom. The lowest BCUT2D eigenvalue weighted by Gasteiger charge is -2.31. The topological polar surface area (TPSA) is 79.5 Å². The van der Waals surface area contributed by atoms with Crippen LogP contribution in [0.1, 0.15) is 28.8 Å². The number of carbonyl (C=O) groups excluding carboxylic acids is 1. The summed E-state index contributed by atoms with van der Waals surface area (Å²) in [5, 5.41) is 10.8. The van der Waals surface area contributed by atoms with E-state index in [2.05, 4.69) is 27.5 Å². The molecular weight excluding hydrogens is 380 g/mol. The van der Waals surface area contributed by atoms with E-state index in [9.17, 15) is 4.79 Å². The van der Waals surface area contributed by atoms with Crippen molar-refractivity contribution in [1.29, 1.82) is 0 Å². The third kappa shape index (κ3) is 4.98. The van der Waals surface area contributed by atoms with Gasteiger partial charge in [-0.3, -0.25) is 14.8 Å². The minimum Gasteiger partial charge on any atom is -0.492 e. The van der Waals surface area contributed by atoms with Gasteiger partial charge in [0.1, 0.15) is 12.4 Å². The summed E-state index contributed by atoms with van der Waals surface area (Å²) in [6.45, 7) is 3.63. The largest absolute Gasteiger partial charge is 0.492 e. The number of aromatic amines is 1. The smallest absolute Gasteiger partial charge is 0.253 e. The lowest BCUT2D eigenvalue weighted by molar-refractivity contribution is 0.0392. The second-order valence-corrected chi connectivity index (χ2v) is 7.64. The van der Waals surface area contributed by atoms with Gasteiger partial charge in [0.15, 0.2) is 0 Å². The molecule has 30 heavy (non-hydrogen) atoms. The Labute approximate surface area is 176 Å². The predicted molar refractivity (Wildman–Crippen MR) is 116 cm³/mol. The Balaban J connectivity index is 1.28. The standard InChI is InChI=1S/C23H28N4O3/c1-27(19-8-11-29-12-9-19)10-13-30-20-6-2-4-17(14-20)15-24-23(28)21-7-3-5-18-16-25-26-22(18)21/h2-7,14,16,19H,8-13,15H2,1H3,(H,24,28)(H,25,26). The minimum atomic E-state index is -0.130. The molecule has 1 aromatic heterocycles. The fourth-order valence-electron chi connectivity index (χ4n) is 3.80. The number of hydrogen-bond acceptors (Lipinski definition) is 5. The molecule has 158 valence electrons. The van der Waals surface area contributed by atoms with E-state index in [0.29, 0.717) is 24.8 Å². The van der Waals surface area contributed by atoms with Crippen molar-refractivity contribution in [2.24, 2.45) is 0 Å². The maximum atomic E-state index is 12.6. The summed E-state index contributed by atoms with van der Waals surface area (Å²) in [6.07, 6.45) is 3.88. The van der Waals surface area contributed by atoms with Crippen LogP contribution < -0.4 is 10.1 Å². The van der Waals surface area contributed by atoms with Crippen molar-refractivity contribution in [3.05, 3.63) is 59.8 Å². The van der Waals surface area contributed by atoms with Crippen LogP contribution in [0.2, 0.25) is 0 Å². The average Bonchev–Trinajstić information content (AvgIpc) is 3.27. The molecule has 0 atom stereocenters. The Morgan fingerprint density at radius 3 is 2.97 bits per heavy atom. The first-order valence-electron chi connectivity index (χ1n) is 10.4. The molecule has 1 fully saturated rings. The van der Waals surface area contributed by atoms with Gasteiger partial charge in [-0.15, -0.1) is 0 Å². The normalized spacial score (nSPS) is 14.9. The first-order chi connectivity index (χ1) is 14.7. The van der Waals surface area contributed by atoms with Crippen LogP contribution in [-0.2, 0) is 11.3 Å². The molecule has 2 aromatic carbocycles. The van der Waals surface area contributed by atoms with Crippen molar-refractivity contribution in [2.45, 2.75) is 25.4 Å². The molecule has 0 unspecified atom stereocenters. The summed E-state index contributed by atoms with van der Waals surface area (Å²) in [4.78, 5) is 15.0. The summed E-state index contributed by atoms with van der Waals surface area (Å²) in [5.74, 6) is 0.687. The summed E-state index contributed by atoms with van der Waals surface area (Å²) >= 11 is 0. The van der Waals surface area contributed by atoms with Crippen molar-refractivity contribution < 1.29 is 14.3 Å². The maximum absolute atomic E-state index is 12.6. The van der Waals surface area contributed by atoms with Crippen LogP contribution in [0.4, 0.5) is 0 Å². The van der Waals surface area contributed by atoms with Crippen molar-refractivity contribution >= 4 is 16.8 Å². The highest BCUT2D eigenvalue weighted by Crippen LogP contribution is 2.17. The van der Waals surface area contributed by atoms with E-state index in [1.807, 2.05) is 36.4 Å². The summed E-state index contributed by atoms with van der Waals surface area (Å²) in [5.41, 5.74) is 2.34. The molecule has 2 heterocycles. The number of likely N-dealkylation sites (N-methyl/N-ethyl adjacent to an activating group) is 1. The van der Waals surface area contributed by atoms with Crippen LogP contribution in [0.5, 0.6) is 5.75 Å². The molecule has 2 N–H and O–H groups in total. The van der Waals surface area contributed by atoms with Crippen molar-refractivity contribution in [1.82, 2.24) is 20.4 Å². The molecule has 0 saturated carbocycles. The molecule has 0 bridgehead atoms. The van der Waals surface area contributed by atoms with Crippen LogP contribution in [0.15, 0.2) is 48.7 Å². The van der Waals surface area contributed by atoms with Gasteiger partial charge >= 0.3 is 0 Å². The Morgan fingerprint density at radius 2 is 2.10 bits per heavy atom. The first-order valence-corrected chi connectivity index (χ1v) is 10.4. The van der Waals surface area contributed by atoms with Gasteiger partial charge in [0.2, 0.25) is 0 Å². The Kier molecular flexibility index (Phi) is 6.61. The highest BCUT2D eigenvalue weighted by Gasteiger charge is 2.18. The molecule has 4 rings (SSSR count). The quantitative estimate of drug-likeness (QED) is 0.599. The number of fused-ring (bicyclic) bond motifs is 1. The minimum absolute atomic E-state index is 0.130. The highest BCUT2D eigenvalue weighted by atomic mass is 16.5. The number of para-hydroxylation sites is 1. The molecule has 0 aliphatic carbocycles. The van der Waals surface area contributed by atoms with E-state index in [0.717, 1.165) is 54.8 Å². The number of amides is 1. The fraction of sp³-hybridized carbons (Fsp3) is 0.391. The molecular formula is C23H28N4O3. The lowest BCUT2D eigenvalue weighted by Crippen LogP contribution is -2.38. The number of nitrogens with zero attached hydrogens (tertiary/aromatic N) is 2. The van der Waals surface area contributed by atoms with Crippen LogP contribution in [0.3, 0.4) is 0 Å². The predicted octanol–water partition coefficient (Wildman–Crippen LogP) is 2.98. The van der Waals surface area contributed by atoms with Gasteiger partial charge < -0.3 is 14.8 Å². The van der Waals surface area contributed by atoms with Gasteiger partial charge in [0, 0.05) is 37.7 Å². The van der Waals surface area contributed by atoms with Gasteiger partial charge in [-0.05, 0) is 43.7 Å². The molecule has 1 amide bonds. The van der Waals surface area contributed by atoms with Gasteiger partial charge in [0.05, 0.1) is 17.3 Å². The van der Waals surface area contributed by atoms with E-state index in [4.69, 9.17) is 9.47 Å². The summed E-state index contributed by atoms with van der Waals surface area (Å²) < 4.78 is 11.4. The van der Waals surface area contributed by atoms with Crippen LogP contribution in [-0.4, -0.2) is 60.5 Å². The number of hydrogen-bond donors (Lipinski definition) is 2. The number of H-pyrrole nitrogens is 1. The van der Waals surface area contributed by atoms with E-state index in [1.54, 1.807) is 12.3 Å². The lowest BCUT2D eigenvalue weighted by atomic mass is 10.1. The zero-order valence-corrected chi connectivity index (χ0v) is 17.3. The first kappa shape index (κ1) is 20.4. The number of aromatic nitrogens is 2. The molecule has 0 radical (unpaired) electrons. The van der Waals surface area contributed by atoms with E-state index in [-0.39, 0.29) is 5.91 Å². The van der Waals surface area contributed by atoms with Crippen molar-refractivity contribution in [3.8, 4) is 5.75 Å². The van der Waals surface area contributed by atoms with Crippen molar-refractivity contribution in [2.75, 3.05) is 33.4 Å². The molecule has 1 aliphatic rings. The fourth-order valence-corrected chi connectivity index (χ4v) is 3.80. The van der Waals surface area contributed by atoms with Gasteiger partial charge in [-0.2, -0.15) is 5.10 Å².